The molecule has 1 aliphatic heterocycles. The number of thioether (sulfide) groups is 1. The van der Waals surface area contributed by atoms with Gasteiger partial charge in [0.2, 0.25) is 11.0 Å². The lowest BCUT2D eigenvalue weighted by Gasteiger charge is -1.93. The summed E-state index contributed by atoms with van der Waals surface area (Å²) >= 11 is 1.25. The Morgan fingerprint density at radius 3 is 2.89 bits per heavy atom. The van der Waals surface area contributed by atoms with Gasteiger partial charge >= 0.3 is 0 Å². The third-order valence-electron chi connectivity index (χ3n) is 2.73. The summed E-state index contributed by atoms with van der Waals surface area (Å²) in [6.07, 6.45) is 0. The van der Waals surface area contributed by atoms with E-state index in [-0.39, 0.29) is 17.0 Å². The number of azo groups is 1. The molecule has 0 fully saturated rings. The number of nitrogens with zero attached hydrogens (tertiary/aromatic N) is 3. The van der Waals surface area contributed by atoms with Gasteiger partial charge in [-0.1, -0.05) is 30.0 Å². The number of aromatic nitrogens is 1. The Bertz CT molecular complexity index is 720. The van der Waals surface area contributed by atoms with E-state index in [2.05, 4.69) is 20.2 Å². The van der Waals surface area contributed by atoms with Crippen LogP contribution in [0.3, 0.4) is 0 Å². The van der Waals surface area contributed by atoms with E-state index in [1.54, 1.807) is 6.92 Å². The molecule has 6 nitrogen and oxygen atoms in total. The van der Waals surface area contributed by atoms with Crippen LogP contribution < -0.4 is 0 Å². The minimum atomic E-state index is -0.217. The van der Waals surface area contributed by atoms with Crippen LogP contribution in [-0.2, 0) is 4.79 Å². The molecule has 7 heteroatoms. The van der Waals surface area contributed by atoms with Gasteiger partial charge in [0.1, 0.15) is 0 Å². The van der Waals surface area contributed by atoms with E-state index < -0.39 is 0 Å². The smallest absolute Gasteiger partial charge is 0.261 e. The number of hydrogen-bond acceptors (Lipinski definition) is 5. The molecule has 1 amide bonds. The quantitative estimate of drug-likeness (QED) is 0.783. The number of carbonyl (C=O) groups excluding carboxylic acids is 1. The maximum atomic E-state index is 11.3. The Labute approximate surface area is 112 Å². The van der Waals surface area contributed by atoms with Gasteiger partial charge in [-0.2, -0.15) is 4.99 Å². The van der Waals surface area contributed by atoms with Gasteiger partial charge in [-0.15, -0.1) is 10.2 Å². The lowest BCUT2D eigenvalue weighted by Crippen LogP contribution is -2.02. The summed E-state index contributed by atoms with van der Waals surface area (Å²) < 4.78 is 0. The van der Waals surface area contributed by atoms with Gasteiger partial charge in [0.25, 0.3) is 5.91 Å². The zero-order valence-electron chi connectivity index (χ0n) is 9.99. The number of nitrogens with one attached hydrogen (secondary N) is 1. The predicted octanol–water partition coefficient (Wildman–Crippen LogP) is 2.98. The predicted molar refractivity (Wildman–Crippen MR) is 74.0 cm³/mol. The Hall–Kier alpha value is -2.15. The van der Waals surface area contributed by atoms with Crippen LogP contribution in [0.1, 0.15) is 6.92 Å². The average Bonchev–Trinajstić information content (AvgIpc) is 2.87. The summed E-state index contributed by atoms with van der Waals surface area (Å²) in [6.45, 7) is 1.77. The lowest BCUT2D eigenvalue weighted by atomic mass is 10.2. The molecule has 0 bridgehead atoms. The number of aromatic hydroxyl groups is 1. The van der Waals surface area contributed by atoms with Crippen molar-refractivity contribution < 1.29 is 9.90 Å². The summed E-state index contributed by atoms with van der Waals surface area (Å²) in [5.74, 6) is -0.255. The van der Waals surface area contributed by atoms with Crippen LogP contribution in [0, 0.1) is 0 Å². The number of hydrogen-bond donors (Lipinski definition) is 2. The largest absolute Gasteiger partial charge is 0.493 e. The van der Waals surface area contributed by atoms with Gasteiger partial charge < -0.3 is 10.1 Å². The minimum absolute atomic E-state index is 0.0482. The third kappa shape index (κ3) is 2.12. The number of H-pyrrole nitrogens is 1. The number of carbonyl (C=O) groups is 1. The molecule has 0 aliphatic carbocycles. The van der Waals surface area contributed by atoms with E-state index in [1.807, 2.05) is 24.3 Å². The molecule has 1 aromatic heterocycles. The van der Waals surface area contributed by atoms with Gasteiger partial charge in [0.15, 0.2) is 5.69 Å². The first-order chi connectivity index (χ1) is 9.15. The number of rotatable bonds is 1. The molecule has 96 valence electrons. The van der Waals surface area contributed by atoms with E-state index >= 15 is 0 Å². The van der Waals surface area contributed by atoms with Gasteiger partial charge in [0.05, 0.1) is 10.8 Å². The number of para-hydroxylation sites is 1. The molecular weight excluding hydrogens is 264 g/mol. The molecule has 0 radical (unpaired) electrons. The molecule has 1 aliphatic rings. The first-order valence-corrected chi connectivity index (χ1v) is 6.54. The maximum absolute atomic E-state index is 11.3. The molecule has 0 saturated heterocycles. The van der Waals surface area contributed by atoms with Gasteiger partial charge in [-0.05, 0) is 13.0 Å². The van der Waals surface area contributed by atoms with Crippen LogP contribution >= 0.6 is 11.8 Å². The van der Waals surface area contributed by atoms with E-state index in [9.17, 15) is 9.90 Å². The van der Waals surface area contributed by atoms with Crippen LogP contribution in [0.2, 0.25) is 0 Å². The second kappa shape index (κ2) is 4.51. The van der Waals surface area contributed by atoms with E-state index in [4.69, 9.17) is 0 Å². The molecular formula is C12H10N4O2S. The fourth-order valence-corrected chi connectivity index (χ4v) is 2.47. The van der Waals surface area contributed by atoms with Crippen molar-refractivity contribution >= 4 is 39.4 Å². The van der Waals surface area contributed by atoms with Crippen molar-refractivity contribution in [3.8, 4) is 5.88 Å². The van der Waals surface area contributed by atoms with Crippen molar-refractivity contribution in [3.63, 3.8) is 0 Å². The fourth-order valence-electron chi connectivity index (χ4n) is 1.77. The standard InChI is InChI=1S/C12H10N4O2S/c1-6-10(17)14-12(19-6)16-15-9-7-4-2-3-5-8(7)13-11(9)18/h2-6,13,18H,1H3. The van der Waals surface area contributed by atoms with E-state index in [0.29, 0.717) is 10.9 Å². The molecule has 0 spiro atoms. The number of amides is 1. The number of aliphatic imine (C=N–C) groups is 1. The second-order valence-corrected chi connectivity index (χ2v) is 5.37. The number of benzene rings is 1. The van der Waals surface area contributed by atoms with Gasteiger partial charge in [-0.25, -0.2) is 0 Å². The molecule has 0 saturated carbocycles. The first-order valence-electron chi connectivity index (χ1n) is 5.66. The van der Waals surface area contributed by atoms with Crippen molar-refractivity contribution in [1.29, 1.82) is 0 Å². The number of amidine groups is 1. The molecule has 1 aromatic carbocycles. The van der Waals surface area contributed by atoms with Gasteiger partial charge in [0, 0.05) is 5.39 Å². The van der Waals surface area contributed by atoms with Crippen molar-refractivity contribution in [3.05, 3.63) is 24.3 Å². The van der Waals surface area contributed by atoms with Crippen LogP contribution in [0.25, 0.3) is 10.9 Å². The first kappa shape index (κ1) is 11.9. The highest BCUT2D eigenvalue weighted by Gasteiger charge is 2.24. The van der Waals surface area contributed by atoms with Crippen LogP contribution in [0.5, 0.6) is 5.88 Å². The van der Waals surface area contributed by atoms with Crippen molar-refractivity contribution in [2.45, 2.75) is 12.2 Å². The molecule has 1 atom stereocenters. The highest BCUT2D eigenvalue weighted by Crippen LogP contribution is 2.35. The normalized spacial score (nSPS) is 19.5. The Kier molecular flexibility index (Phi) is 2.83. The molecule has 3 rings (SSSR count). The summed E-state index contributed by atoms with van der Waals surface area (Å²) in [4.78, 5) is 17.8. The van der Waals surface area contributed by atoms with Crippen molar-refractivity contribution in [2.24, 2.45) is 15.2 Å². The monoisotopic (exact) mass is 274 g/mol. The zero-order chi connectivity index (χ0) is 13.4. The number of fused-ring (bicyclic) bond motifs is 1. The van der Waals surface area contributed by atoms with Crippen LogP contribution in [0.4, 0.5) is 5.69 Å². The zero-order valence-corrected chi connectivity index (χ0v) is 10.8. The Morgan fingerprint density at radius 2 is 2.16 bits per heavy atom. The SMILES string of the molecule is CC1SC(N=Nc2c(O)[nH]c3ccccc23)=NC1=O. The molecule has 2 aromatic rings. The third-order valence-corrected chi connectivity index (χ3v) is 3.67. The summed E-state index contributed by atoms with van der Waals surface area (Å²) in [5, 5.41) is 18.6. The fraction of sp³-hybridized carbons (Fsp3) is 0.167. The van der Waals surface area contributed by atoms with Crippen LogP contribution in [0.15, 0.2) is 39.5 Å². The highest BCUT2D eigenvalue weighted by atomic mass is 32.2. The molecule has 2 heterocycles. The Balaban J connectivity index is 1.96. The van der Waals surface area contributed by atoms with E-state index in [1.165, 1.54) is 11.8 Å². The molecule has 1 unspecified atom stereocenters. The van der Waals surface area contributed by atoms with Gasteiger partial charge in [-0.3, -0.25) is 4.79 Å². The summed E-state index contributed by atoms with van der Waals surface area (Å²) in [7, 11) is 0. The number of aromatic amines is 1. The second-order valence-electron chi connectivity index (χ2n) is 4.06. The summed E-state index contributed by atoms with van der Waals surface area (Å²) in [5.41, 5.74) is 1.13. The lowest BCUT2D eigenvalue weighted by molar-refractivity contribution is -0.116. The molecule has 19 heavy (non-hydrogen) atoms. The maximum Gasteiger partial charge on any atom is 0.261 e. The van der Waals surface area contributed by atoms with Crippen LogP contribution in [-0.4, -0.2) is 26.4 Å². The van der Waals surface area contributed by atoms with Crippen molar-refractivity contribution in [2.75, 3.05) is 0 Å². The summed E-state index contributed by atoms with van der Waals surface area (Å²) in [6, 6.07) is 7.37. The highest BCUT2D eigenvalue weighted by molar-refractivity contribution is 8.15. The van der Waals surface area contributed by atoms with Crippen molar-refractivity contribution in [1.82, 2.24) is 4.98 Å². The minimum Gasteiger partial charge on any atom is -0.493 e. The molecule has 2 N–H and O–H groups in total. The topological polar surface area (TPSA) is 90.2 Å². The Morgan fingerprint density at radius 1 is 1.37 bits per heavy atom. The average molecular weight is 274 g/mol. The van der Waals surface area contributed by atoms with E-state index in [0.717, 1.165) is 10.9 Å².